The summed E-state index contributed by atoms with van der Waals surface area (Å²) in [6.07, 6.45) is 0.840. The fraction of sp³-hybridized carbons (Fsp3) is 0.211. The molecule has 192 valence electrons. The average Bonchev–Trinajstić information content (AvgIpc) is 2.80. The number of hydrogen-bond donors (Lipinski definition) is 9. The number of carbonyl (C=O) groups is 3. The summed E-state index contributed by atoms with van der Waals surface area (Å²) in [5, 5.41) is 23.2. The zero-order chi connectivity index (χ0) is 26.8. The third kappa shape index (κ3) is 8.84. The van der Waals surface area contributed by atoms with Gasteiger partial charge in [-0.1, -0.05) is 0 Å². The van der Waals surface area contributed by atoms with Crippen LogP contribution in [0, 0.1) is 0 Å². The predicted molar refractivity (Wildman–Crippen MR) is 127 cm³/mol. The predicted octanol–water partition coefficient (Wildman–Crippen LogP) is -0.888. The fourth-order valence-corrected chi connectivity index (χ4v) is 2.75. The number of nitrogens with zero attached hydrogens (tertiary/aromatic N) is 3. The minimum absolute atomic E-state index is 0.0524. The highest BCUT2D eigenvalue weighted by Gasteiger charge is 2.21. The van der Waals surface area contributed by atoms with Crippen molar-refractivity contribution in [2.45, 2.75) is 25.4 Å². The van der Waals surface area contributed by atoms with Gasteiger partial charge in [0.05, 0.1) is 18.4 Å². The molecule has 1 unspecified atom stereocenters. The molecule has 0 saturated heterocycles. The molecule has 0 bridgehead atoms. The topological polar surface area (TPSA) is 280 Å². The molecule has 0 aliphatic carbocycles. The summed E-state index contributed by atoms with van der Waals surface area (Å²) in [7, 11) is -2.12. The molecule has 0 fully saturated rings. The Hall–Kier alpha value is -4.24. The summed E-state index contributed by atoms with van der Waals surface area (Å²) >= 11 is 0. The first-order chi connectivity index (χ1) is 17.0. The Kier molecular flexibility index (Phi) is 10.1. The van der Waals surface area contributed by atoms with Crippen molar-refractivity contribution in [2.75, 3.05) is 11.1 Å². The summed E-state index contributed by atoms with van der Waals surface area (Å²) in [6, 6.07) is 4.86. The van der Waals surface area contributed by atoms with Crippen molar-refractivity contribution >= 4 is 49.2 Å². The van der Waals surface area contributed by atoms with E-state index in [2.05, 4.69) is 36.1 Å². The van der Waals surface area contributed by atoms with Crippen molar-refractivity contribution in [2.24, 2.45) is 5.50 Å². The van der Waals surface area contributed by atoms with E-state index in [9.17, 15) is 19.2 Å². The van der Waals surface area contributed by atoms with E-state index in [1.54, 1.807) is 12.1 Å². The van der Waals surface area contributed by atoms with E-state index in [-0.39, 0.29) is 42.1 Å². The molecule has 0 spiro atoms. The molecule has 3 rings (SSSR count). The maximum Gasteiger partial charge on any atom is 0.326 e. The highest BCUT2D eigenvalue weighted by atomic mass is 31.2. The molecular weight excluding hydrogens is 499 g/mol. The van der Waals surface area contributed by atoms with Crippen molar-refractivity contribution in [1.82, 2.24) is 25.3 Å². The van der Waals surface area contributed by atoms with Gasteiger partial charge in [0.15, 0.2) is 11.2 Å². The number of aromatic nitrogens is 4. The summed E-state index contributed by atoms with van der Waals surface area (Å²) in [4.78, 5) is 75.5. The van der Waals surface area contributed by atoms with Crippen LogP contribution in [0.15, 0.2) is 35.3 Å². The lowest BCUT2D eigenvalue weighted by atomic mass is 10.1. The maximum atomic E-state index is 12.3. The van der Waals surface area contributed by atoms with Crippen LogP contribution < -0.4 is 27.4 Å². The minimum Gasteiger partial charge on any atom is -0.481 e. The number of rotatable bonds is 9. The first-order valence-corrected chi connectivity index (χ1v) is 11.3. The lowest BCUT2D eigenvalue weighted by Gasteiger charge is -2.14. The van der Waals surface area contributed by atoms with Gasteiger partial charge in [-0.05, 0) is 30.7 Å². The fourth-order valence-electron chi connectivity index (χ4n) is 2.75. The van der Waals surface area contributed by atoms with Gasteiger partial charge in [-0.25, -0.2) is 14.8 Å². The number of nitrogens with one attached hydrogen (secondary N) is 3. The molecule has 16 nitrogen and oxygen atoms in total. The number of carbonyl (C=O) groups excluding carboxylic acids is 1. The number of hydrogen-bond acceptors (Lipinski definition) is 12. The van der Waals surface area contributed by atoms with E-state index in [1.807, 2.05) is 0 Å². The van der Waals surface area contributed by atoms with E-state index in [1.165, 1.54) is 18.3 Å². The standard InChI is InChI=1S/C19H19N7O6.H4NO2P/c20-19-25-15-14(17(30)26-19)23-11(8-22-15)7-21-10-3-1-9(2-4-10)16(29)24-12(18(31)32)5-6-13(27)28;1-4(2)3/h1-4,8,12,21H,5-7H2,(H,24,29)(H,27,28)(H,31,32)(H3,20,22,25,26,30);2-3H,1H2. The lowest BCUT2D eigenvalue weighted by molar-refractivity contribution is -0.140. The van der Waals surface area contributed by atoms with Crippen LogP contribution in [0.2, 0.25) is 0 Å². The quantitative estimate of drug-likeness (QED) is 0.154. The smallest absolute Gasteiger partial charge is 0.326 e. The molecule has 36 heavy (non-hydrogen) atoms. The number of carboxylic acids is 2. The highest BCUT2D eigenvalue weighted by Crippen LogP contribution is 2.12. The summed E-state index contributed by atoms with van der Waals surface area (Å²) < 4.78 is 0. The van der Waals surface area contributed by atoms with E-state index in [4.69, 9.17) is 25.7 Å². The Labute approximate surface area is 203 Å². The molecule has 1 aromatic carbocycles. The molecule has 17 heteroatoms. The summed E-state index contributed by atoms with van der Waals surface area (Å²) in [5.41, 5.74) is 10.8. The van der Waals surface area contributed by atoms with Crippen molar-refractivity contribution in [3.63, 3.8) is 0 Å². The number of aromatic amines is 1. The molecule has 11 N–H and O–H groups in total. The van der Waals surface area contributed by atoms with Gasteiger partial charge in [-0.2, -0.15) is 4.98 Å². The normalized spacial score (nSPS) is 11.3. The van der Waals surface area contributed by atoms with Gasteiger partial charge in [0.25, 0.3) is 11.5 Å². The van der Waals surface area contributed by atoms with E-state index in [0.29, 0.717) is 11.4 Å². The number of carboxylic acid groups (broad SMARTS) is 2. The third-order valence-electron chi connectivity index (χ3n) is 4.36. The molecule has 0 saturated carbocycles. The lowest BCUT2D eigenvalue weighted by Crippen LogP contribution is -2.41. The maximum absolute atomic E-state index is 12.3. The van der Waals surface area contributed by atoms with Gasteiger partial charge in [0.1, 0.15) is 6.04 Å². The van der Waals surface area contributed by atoms with Gasteiger partial charge in [-0.3, -0.25) is 24.9 Å². The van der Waals surface area contributed by atoms with E-state index in [0.717, 1.165) is 0 Å². The molecule has 1 atom stereocenters. The van der Waals surface area contributed by atoms with Crippen LogP contribution in [0.5, 0.6) is 0 Å². The monoisotopic (exact) mass is 522 g/mol. The van der Waals surface area contributed by atoms with Crippen LogP contribution in [0.3, 0.4) is 0 Å². The van der Waals surface area contributed by atoms with Crippen molar-refractivity contribution in [1.29, 1.82) is 0 Å². The number of benzene rings is 1. The Morgan fingerprint density at radius 2 is 1.75 bits per heavy atom. The highest BCUT2D eigenvalue weighted by molar-refractivity contribution is 7.42. The van der Waals surface area contributed by atoms with Crippen LogP contribution >= 0.6 is 8.53 Å². The first-order valence-electron chi connectivity index (χ1n) is 9.99. The Bertz CT molecular complexity index is 1280. The van der Waals surface area contributed by atoms with Gasteiger partial charge in [0.2, 0.25) is 14.5 Å². The van der Waals surface area contributed by atoms with E-state index >= 15 is 0 Å². The van der Waals surface area contributed by atoms with Crippen molar-refractivity contribution < 1.29 is 34.4 Å². The Morgan fingerprint density at radius 1 is 1.11 bits per heavy atom. The van der Waals surface area contributed by atoms with Gasteiger partial charge < -0.3 is 36.4 Å². The SMILES string of the molecule is NP(O)O.Nc1nc2ncc(CNc3ccc(C(=O)NC(CCC(=O)O)C(=O)O)cc3)nc2c(=O)[nH]1. The molecule has 2 aromatic heterocycles. The minimum atomic E-state index is -2.12. The zero-order valence-electron chi connectivity index (χ0n) is 18.5. The number of nitrogen functional groups attached to an aromatic ring is 1. The molecule has 2 heterocycles. The number of H-pyrrole nitrogens is 1. The van der Waals surface area contributed by atoms with Gasteiger partial charge in [0, 0.05) is 17.7 Å². The average molecular weight is 522 g/mol. The van der Waals surface area contributed by atoms with Crippen molar-refractivity contribution in [3.05, 3.63) is 52.1 Å². The second-order valence-corrected chi connectivity index (χ2v) is 7.67. The molecule has 0 radical (unpaired) electrons. The Balaban J connectivity index is 0.00000106. The zero-order valence-corrected chi connectivity index (χ0v) is 19.3. The third-order valence-corrected chi connectivity index (χ3v) is 4.36. The molecular formula is C19H23N8O8P. The largest absolute Gasteiger partial charge is 0.481 e. The Morgan fingerprint density at radius 3 is 2.33 bits per heavy atom. The number of nitrogens with two attached hydrogens (primary N) is 2. The van der Waals surface area contributed by atoms with E-state index < -0.39 is 38.0 Å². The molecule has 1 amide bonds. The second kappa shape index (κ2) is 13.0. The van der Waals surface area contributed by atoms with Crippen LogP contribution in [0.4, 0.5) is 11.6 Å². The van der Waals surface area contributed by atoms with Crippen molar-refractivity contribution in [3.8, 4) is 0 Å². The first kappa shape index (κ1) is 28.0. The van der Waals surface area contributed by atoms with Gasteiger partial charge >= 0.3 is 11.9 Å². The number of amides is 1. The molecule has 0 aliphatic heterocycles. The number of anilines is 2. The summed E-state index contributed by atoms with van der Waals surface area (Å²) in [6.45, 7) is 0.231. The van der Waals surface area contributed by atoms with Crippen LogP contribution in [-0.2, 0) is 16.1 Å². The van der Waals surface area contributed by atoms with Crippen LogP contribution in [0.1, 0.15) is 28.9 Å². The molecule has 3 aromatic rings. The van der Waals surface area contributed by atoms with Crippen LogP contribution in [0.25, 0.3) is 11.2 Å². The summed E-state index contributed by atoms with van der Waals surface area (Å²) in [5.74, 6) is -3.16. The van der Waals surface area contributed by atoms with Crippen LogP contribution in [-0.4, -0.2) is 63.8 Å². The molecule has 0 aliphatic rings. The van der Waals surface area contributed by atoms with Gasteiger partial charge in [-0.15, -0.1) is 0 Å². The second-order valence-electron chi connectivity index (χ2n) is 7.03. The number of fused-ring (bicyclic) bond motifs is 1. The number of aliphatic carboxylic acids is 2.